The Labute approximate surface area is 151 Å². The van der Waals surface area contributed by atoms with E-state index in [0.29, 0.717) is 36.9 Å². The average Bonchev–Trinajstić information content (AvgIpc) is 2.64. The Hall–Kier alpha value is -1.75. The molecule has 5 nitrogen and oxygen atoms in total. The van der Waals surface area contributed by atoms with Gasteiger partial charge in [0.1, 0.15) is 0 Å². The molecule has 0 unspecified atom stereocenters. The van der Waals surface area contributed by atoms with Crippen LogP contribution in [0.4, 0.5) is 0 Å². The molecule has 1 aromatic rings. The highest BCUT2D eigenvalue weighted by Crippen LogP contribution is 2.28. The molecule has 0 spiro atoms. The Morgan fingerprint density at radius 3 is 2.32 bits per heavy atom. The number of benzene rings is 1. The van der Waals surface area contributed by atoms with Crippen molar-refractivity contribution in [1.82, 2.24) is 0 Å². The lowest BCUT2D eigenvalue weighted by atomic mass is 10.1. The van der Waals surface area contributed by atoms with Crippen molar-refractivity contribution in [3.8, 4) is 11.5 Å². The van der Waals surface area contributed by atoms with Gasteiger partial charge in [0.25, 0.3) is 0 Å². The molecule has 0 saturated carbocycles. The molecule has 0 aromatic heterocycles. The summed E-state index contributed by atoms with van der Waals surface area (Å²) in [5, 5.41) is 0. The van der Waals surface area contributed by atoms with Crippen LogP contribution < -0.4 is 9.47 Å². The molecule has 0 amide bonds. The number of carbonyl (C=O) groups is 1. The minimum atomic E-state index is -0.346. The molecule has 0 radical (unpaired) electrons. The zero-order valence-corrected chi connectivity index (χ0v) is 15.8. The quantitative estimate of drug-likeness (QED) is 0.361. The molecule has 0 atom stereocenters. The SMILES string of the molecule is CCCCCCCOc1ccc(C(=O)OCCCCOC)cc1OC. The van der Waals surface area contributed by atoms with Gasteiger partial charge in [-0.2, -0.15) is 0 Å². The third-order valence-corrected chi connectivity index (χ3v) is 3.88. The van der Waals surface area contributed by atoms with Gasteiger partial charge in [-0.05, 0) is 37.5 Å². The summed E-state index contributed by atoms with van der Waals surface area (Å²) in [6, 6.07) is 5.16. The average molecular weight is 352 g/mol. The summed E-state index contributed by atoms with van der Waals surface area (Å²) >= 11 is 0. The lowest BCUT2D eigenvalue weighted by molar-refractivity contribution is 0.0488. The van der Waals surface area contributed by atoms with Gasteiger partial charge in [-0.25, -0.2) is 4.79 Å². The Balaban J connectivity index is 2.43. The molecule has 25 heavy (non-hydrogen) atoms. The minimum Gasteiger partial charge on any atom is -0.493 e. The van der Waals surface area contributed by atoms with Crippen LogP contribution in [0.15, 0.2) is 18.2 Å². The van der Waals surface area contributed by atoms with E-state index in [2.05, 4.69) is 6.92 Å². The molecule has 0 fully saturated rings. The number of methoxy groups -OCH3 is 2. The third-order valence-electron chi connectivity index (χ3n) is 3.88. The first-order valence-corrected chi connectivity index (χ1v) is 9.19. The van der Waals surface area contributed by atoms with Crippen molar-refractivity contribution in [2.75, 3.05) is 34.0 Å². The molecule has 0 aliphatic heterocycles. The number of unbranched alkanes of at least 4 members (excludes halogenated alkanes) is 5. The molecule has 5 heteroatoms. The topological polar surface area (TPSA) is 54.0 Å². The lowest BCUT2D eigenvalue weighted by Crippen LogP contribution is -2.08. The van der Waals surface area contributed by atoms with Crippen LogP contribution in [0.3, 0.4) is 0 Å². The van der Waals surface area contributed by atoms with E-state index in [9.17, 15) is 4.79 Å². The van der Waals surface area contributed by atoms with E-state index in [4.69, 9.17) is 18.9 Å². The highest BCUT2D eigenvalue weighted by Gasteiger charge is 2.12. The fraction of sp³-hybridized carbons (Fsp3) is 0.650. The Kier molecular flexibility index (Phi) is 11.5. The summed E-state index contributed by atoms with van der Waals surface area (Å²) in [6.07, 6.45) is 7.60. The normalized spacial score (nSPS) is 10.5. The molecular weight excluding hydrogens is 320 g/mol. The predicted molar refractivity (Wildman–Crippen MR) is 98.6 cm³/mol. The lowest BCUT2D eigenvalue weighted by Gasteiger charge is -2.12. The number of rotatable bonds is 14. The largest absolute Gasteiger partial charge is 0.493 e. The zero-order valence-electron chi connectivity index (χ0n) is 15.8. The van der Waals surface area contributed by atoms with E-state index < -0.39 is 0 Å². The van der Waals surface area contributed by atoms with Gasteiger partial charge in [0.2, 0.25) is 0 Å². The van der Waals surface area contributed by atoms with Gasteiger partial charge in [0.05, 0.1) is 25.9 Å². The number of carbonyl (C=O) groups excluding carboxylic acids is 1. The van der Waals surface area contributed by atoms with Crippen LogP contribution in [-0.4, -0.2) is 40.0 Å². The molecule has 1 rings (SSSR count). The van der Waals surface area contributed by atoms with Crippen molar-refractivity contribution < 1.29 is 23.7 Å². The second-order valence-corrected chi connectivity index (χ2v) is 5.96. The smallest absolute Gasteiger partial charge is 0.338 e. The fourth-order valence-electron chi connectivity index (χ4n) is 2.40. The first kappa shape index (κ1) is 21.3. The van der Waals surface area contributed by atoms with Gasteiger partial charge in [-0.15, -0.1) is 0 Å². The van der Waals surface area contributed by atoms with Gasteiger partial charge in [0, 0.05) is 13.7 Å². The van der Waals surface area contributed by atoms with Crippen LogP contribution in [0, 0.1) is 0 Å². The molecule has 1 aromatic carbocycles. The van der Waals surface area contributed by atoms with Crippen LogP contribution in [0.1, 0.15) is 62.2 Å². The number of hydrogen-bond acceptors (Lipinski definition) is 5. The summed E-state index contributed by atoms with van der Waals surface area (Å²) in [5.41, 5.74) is 0.471. The van der Waals surface area contributed by atoms with E-state index in [-0.39, 0.29) is 5.97 Å². The van der Waals surface area contributed by atoms with Gasteiger partial charge in [0.15, 0.2) is 11.5 Å². The fourth-order valence-corrected chi connectivity index (χ4v) is 2.40. The number of esters is 1. The maximum Gasteiger partial charge on any atom is 0.338 e. The molecule has 0 aliphatic carbocycles. The maximum atomic E-state index is 12.1. The first-order chi connectivity index (χ1) is 12.2. The number of ether oxygens (including phenoxy) is 4. The van der Waals surface area contributed by atoms with Crippen molar-refractivity contribution in [3.63, 3.8) is 0 Å². The van der Waals surface area contributed by atoms with E-state index in [1.54, 1.807) is 32.4 Å². The predicted octanol–water partition coefficient (Wildman–Crippen LogP) is 4.63. The summed E-state index contributed by atoms with van der Waals surface area (Å²) < 4.78 is 21.3. The maximum absolute atomic E-state index is 12.1. The summed E-state index contributed by atoms with van der Waals surface area (Å²) in [5.74, 6) is 0.874. The standard InChI is InChI=1S/C20H32O5/c1-4-5-6-7-8-14-24-18-12-11-17(16-19(18)23-3)20(21)25-15-10-9-13-22-2/h11-12,16H,4-10,13-15H2,1-3H3. The van der Waals surface area contributed by atoms with Crippen molar-refractivity contribution in [3.05, 3.63) is 23.8 Å². The van der Waals surface area contributed by atoms with Crippen molar-refractivity contribution in [2.24, 2.45) is 0 Å². The molecular formula is C20H32O5. The Morgan fingerprint density at radius 2 is 1.60 bits per heavy atom. The second kappa shape index (κ2) is 13.5. The molecule has 142 valence electrons. The van der Waals surface area contributed by atoms with Crippen LogP contribution in [-0.2, 0) is 9.47 Å². The molecule has 0 heterocycles. The van der Waals surface area contributed by atoms with E-state index in [1.807, 2.05) is 0 Å². The highest BCUT2D eigenvalue weighted by atomic mass is 16.5. The second-order valence-electron chi connectivity index (χ2n) is 5.96. The van der Waals surface area contributed by atoms with Crippen LogP contribution in [0.25, 0.3) is 0 Å². The minimum absolute atomic E-state index is 0.346. The van der Waals surface area contributed by atoms with Gasteiger partial charge < -0.3 is 18.9 Å². The third kappa shape index (κ3) is 8.77. The van der Waals surface area contributed by atoms with Crippen molar-refractivity contribution >= 4 is 5.97 Å². The zero-order chi connectivity index (χ0) is 18.3. The van der Waals surface area contributed by atoms with E-state index >= 15 is 0 Å². The van der Waals surface area contributed by atoms with Crippen LogP contribution in [0.2, 0.25) is 0 Å². The van der Waals surface area contributed by atoms with Crippen molar-refractivity contribution in [1.29, 1.82) is 0 Å². The van der Waals surface area contributed by atoms with E-state index in [1.165, 1.54) is 25.7 Å². The van der Waals surface area contributed by atoms with E-state index in [0.717, 1.165) is 19.3 Å². The van der Waals surface area contributed by atoms with Gasteiger partial charge in [-0.1, -0.05) is 32.6 Å². The summed E-state index contributed by atoms with van der Waals surface area (Å²) in [6.45, 7) is 3.92. The van der Waals surface area contributed by atoms with Gasteiger partial charge >= 0.3 is 5.97 Å². The molecule has 0 aliphatic rings. The highest BCUT2D eigenvalue weighted by molar-refractivity contribution is 5.90. The van der Waals surface area contributed by atoms with Crippen LogP contribution in [0.5, 0.6) is 11.5 Å². The van der Waals surface area contributed by atoms with Gasteiger partial charge in [-0.3, -0.25) is 0 Å². The molecule has 0 saturated heterocycles. The summed E-state index contributed by atoms with van der Waals surface area (Å²) in [7, 11) is 3.23. The molecule has 0 bridgehead atoms. The Morgan fingerprint density at radius 1 is 0.880 bits per heavy atom. The van der Waals surface area contributed by atoms with Crippen molar-refractivity contribution in [2.45, 2.75) is 51.9 Å². The molecule has 0 N–H and O–H groups in total. The monoisotopic (exact) mass is 352 g/mol. The van der Waals surface area contributed by atoms with Crippen LogP contribution >= 0.6 is 0 Å². The first-order valence-electron chi connectivity index (χ1n) is 9.19. The summed E-state index contributed by atoms with van der Waals surface area (Å²) in [4.78, 5) is 12.1. The number of hydrogen-bond donors (Lipinski definition) is 0. The Bertz CT molecular complexity index is 487.